The number of hydrogen-bond donors (Lipinski definition) is 1. The quantitative estimate of drug-likeness (QED) is 0.845. The highest BCUT2D eigenvalue weighted by Gasteiger charge is 2.40. The lowest BCUT2D eigenvalue weighted by Gasteiger charge is -2.37. The van der Waals surface area contributed by atoms with Crippen LogP contribution in [-0.2, 0) is 0 Å². The number of carboxylic acid groups (broad SMARTS) is 1. The molecule has 0 aliphatic carbocycles. The molecule has 0 aliphatic rings. The van der Waals surface area contributed by atoms with Gasteiger partial charge < -0.3 is 9.53 Å². The van der Waals surface area contributed by atoms with Crippen molar-refractivity contribution in [3.05, 3.63) is 29.1 Å². The van der Waals surface area contributed by atoms with Crippen molar-refractivity contribution in [2.24, 2.45) is 0 Å². The fourth-order valence-corrected chi connectivity index (χ4v) is 2.47. The van der Waals surface area contributed by atoms with Crippen LogP contribution in [0.3, 0.4) is 0 Å². The zero-order valence-electron chi connectivity index (χ0n) is 12.3. The average molecular weight is 284 g/mol. The minimum absolute atomic E-state index is 0.0505. The Balaban J connectivity index is 3.30. The zero-order valence-corrected chi connectivity index (χ0v) is 13.3. The van der Waals surface area contributed by atoms with Gasteiger partial charge in [-0.05, 0) is 37.2 Å². The molecule has 0 radical (unpaired) electrons. The van der Waals surface area contributed by atoms with Crippen molar-refractivity contribution in [3.63, 3.8) is 0 Å². The molecule has 106 valence electrons. The molecule has 0 heterocycles. The van der Waals surface area contributed by atoms with Crippen LogP contribution in [-0.4, -0.2) is 19.4 Å². The largest absolute Gasteiger partial charge is 0.543 e. The van der Waals surface area contributed by atoms with E-state index in [0.717, 1.165) is 0 Å². The van der Waals surface area contributed by atoms with Crippen LogP contribution in [0.4, 0.5) is 4.39 Å². The Labute approximate surface area is 114 Å². The fourth-order valence-electron chi connectivity index (χ4n) is 1.44. The number of hydrogen-bond acceptors (Lipinski definition) is 2. The van der Waals surface area contributed by atoms with Crippen LogP contribution in [0.2, 0.25) is 18.1 Å². The van der Waals surface area contributed by atoms with Crippen molar-refractivity contribution in [1.29, 1.82) is 0 Å². The second-order valence-corrected chi connectivity index (χ2v) is 10.9. The number of carboxylic acids is 1. The second kappa shape index (κ2) is 4.96. The van der Waals surface area contributed by atoms with E-state index in [1.165, 1.54) is 19.1 Å². The van der Waals surface area contributed by atoms with E-state index in [-0.39, 0.29) is 21.9 Å². The summed E-state index contributed by atoms with van der Waals surface area (Å²) in [5.41, 5.74) is 0.0357. The smallest absolute Gasteiger partial charge is 0.339 e. The van der Waals surface area contributed by atoms with Gasteiger partial charge in [0.25, 0.3) is 8.32 Å². The number of aromatic carboxylic acids is 1. The highest BCUT2D eigenvalue weighted by molar-refractivity contribution is 6.74. The highest BCUT2D eigenvalue weighted by atomic mass is 28.4. The topological polar surface area (TPSA) is 46.5 Å². The summed E-state index contributed by atoms with van der Waals surface area (Å²) >= 11 is 0. The summed E-state index contributed by atoms with van der Waals surface area (Å²) in [4.78, 5) is 11.3. The first-order valence-electron chi connectivity index (χ1n) is 6.19. The molecule has 1 N–H and O–H groups in total. The second-order valence-electron chi connectivity index (χ2n) is 6.21. The van der Waals surface area contributed by atoms with E-state index in [1.807, 2.05) is 13.1 Å². The van der Waals surface area contributed by atoms with E-state index in [9.17, 15) is 14.3 Å². The van der Waals surface area contributed by atoms with Crippen molar-refractivity contribution in [1.82, 2.24) is 0 Å². The van der Waals surface area contributed by atoms with Gasteiger partial charge in [0.05, 0.1) is 0 Å². The van der Waals surface area contributed by atoms with Gasteiger partial charge in [-0.3, -0.25) is 0 Å². The summed E-state index contributed by atoms with van der Waals surface area (Å²) in [6.45, 7) is 11.7. The molecular weight excluding hydrogens is 263 g/mol. The van der Waals surface area contributed by atoms with Gasteiger partial charge in [0.15, 0.2) is 0 Å². The van der Waals surface area contributed by atoms with Crippen LogP contribution < -0.4 is 4.43 Å². The first kappa shape index (κ1) is 15.7. The van der Waals surface area contributed by atoms with Crippen LogP contribution in [0.1, 0.15) is 36.7 Å². The van der Waals surface area contributed by atoms with Crippen molar-refractivity contribution in [3.8, 4) is 5.75 Å². The van der Waals surface area contributed by atoms with Gasteiger partial charge >= 0.3 is 5.97 Å². The third-order valence-electron chi connectivity index (χ3n) is 3.75. The summed E-state index contributed by atoms with van der Waals surface area (Å²) in [6.07, 6.45) is 0. The molecule has 0 saturated carbocycles. The molecule has 0 spiro atoms. The molecular formula is C14H21FO3Si. The molecule has 5 heteroatoms. The lowest BCUT2D eigenvalue weighted by Crippen LogP contribution is -2.44. The monoisotopic (exact) mass is 284 g/mol. The molecule has 0 amide bonds. The van der Waals surface area contributed by atoms with Gasteiger partial charge in [0, 0.05) is 5.56 Å². The number of carbonyl (C=O) groups is 1. The Morgan fingerprint density at radius 3 is 2.26 bits per heavy atom. The van der Waals surface area contributed by atoms with Gasteiger partial charge in [-0.25, -0.2) is 9.18 Å². The maximum atomic E-state index is 13.5. The minimum atomic E-state index is -2.15. The summed E-state index contributed by atoms with van der Waals surface area (Å²) in [5.74, 6) is -1.43. The van der Waals surface area contributed by atoms with E-state index in [2.05, 4.69) is 20.8 Å². The molecule has 0 atom stereocenters. The van der Waals surface area contributed by atoms with E-state index < -0.39 is 20.1 Å². The number of rotatable bonds is 3. The number of halogens is 1. The third kappa shape index (κ3) is 3.15. The molecule has 19 heavy (non-hydrogen) atoms. The first-order chi connectivity index (χ1) is 8.47. The predicted molar refractivity (Wildman–Crippen MR) is 75.9 cm³/mol. The summed E-state index contributed by atoms with van der Waals surface area (Å²) in [6, 6.07) is 2.66. The number of benzene rings is 1. The lowest BCUT2D eigenvalue weighted by molar-refractivity contribution is 0.0693. The fraction of sp³-hybridized carbons (Fsp3) is 0.500. The summed E-state index contributed by atoms with van der Waals surface area (Å²) < 4.78 is 19.5. The molecule has 0 fully saturated rings. The van der Waals surface area contributed by atoms with Crippen LogP contribution in [0, 0.1) is 12.7 Å². The molecule has 1 rings (SSSR count). The highest BCUT2D eigenvalue weighted by Crippen LogP contribution is 2.38. The molecule has 0 aliphatic heterocycles. The molecule has 3 nitrogen and oxygen atoms in total. The normalized spacial score (nSPS) is 12.4. The van der Waals surface area contributed by atoms with Gasteiger partial charge in [0.2, 0.25) is 0 Å². The lowest BCUT2D eigenvalue weighted by atomic mass is 10.1. The Morgan fingerprint density at radius 2 is 1.84 bits per heavy atom. The zero-order chi connectivity index (χ0) is 15.0. The Morgan fingerprint density at radius 1 is 1.32 bits per heavy atom. The van der Waals surface area contributed by atoms with Gasteiger partial charge in [-0.2, -0.15) is 0 Å². The van der Waals surface area contributed by atoms with E-state index in [1.54, 1.807) is 0 Å². The van der Waals surface area contributed by atoms with E-state index in [0.29, 0.717) is 0 Å². The molecule has 1 aromatic carbocycles. The van der Waals surface area contributed by atoms with Gasteiger partial charge in [0.1, 0.15) is 17.1 Å². The molecule has 0 bridgehead atoms. The minimum Gasteiger partial charge on any atom is -0.543 e. The summed E-state index contributed by atoms with van der Waals surface area (Å²) in [5, 5.41) is 9.19. The maximum absolute atomic E-state index is 13.5. The van der Waals surface area contributed by atoms with Crippen molar-refractivity contribution in [2.45, 2.75) is 45.8 Å². The van der Waals surface area contributed by atoms with Gasteiger partial charge in [-0.1, -0.05) is 20.8 Å². The van der Waals surface area contributed by atoms with Gasteiger partial charge in [-0.15, -0.1) is 0 Å². The third-order valence-corrected chi connectivity index (χ3v) is 8.09. The summed E-state index contributed by atoms with van der Waals surface area (Å²) in [7, 11) is -2.15. The Kier molecular flexibility index (Phi) is 4.10. The van der Waals surface area contributed by atoms with E-state index >= 15 is 0 Å². The van der Waals surface area contributed by atoms with Crippen molar-refractivity contribution >= 4 is 14.3 Å². The van der Waals surface area contributed by atoms with Crippen LogP contribution in [0.5, 0.6) is 5.75 Å². The Bertz CT molecular complexity index is 504. The molecule has 1 aromatic rings. The predicted octanol–water partition coefficient (Wildman–Crippen LogP) is 4.22. The van der Waals surface area contributed by atoms with Crippen LogP contribution in [0.15, 0.2) is 12.1 Å². The van der Waals surface area contributed by atoms with Crippen molar-refractivity contribution < 1.29 is 18.7 Å². The first-order valence-corrected chi connectivity index (χ1v) is 9.09. The van der Waals surface area contributed by atoms with E-state index in [4.69, 9.17) is 4.43 Å². The molecule has 0 saturated heterocycles. The van der Waals surface area contributed by atoms with Crippen LogP contribution >= 0.6 is 0 Å². The van der Waals surface area contributed by atoms with Crippen molar-refractivity contribution in [2.75, 3.05) is 0 Å². The van der Waals surface area contributed by atoms with Crippen LogP contribution in [0.25, 0.3) is 0 Å². The maximum Gasteiger partial charge on any atom is 0.339 e. The standard InChI is InChI=1S/C14H21FO3Si/c1-9-10(15)7-8-11(12(9)13(16)17)18-19(5,6)14(2,3)4/h7-8H,1-6H3,(H,16,17). The average Bonchev–Trinajstić information content (AvgIpc) is 2.21. The molecule has 0 unspecified atom stereocenters. The molecule has 0 aromatic heterocycles. The SMILES string of the molecule is Cc1c(F)ccc(O[Si](C)(C)C(C)(C)C)c1C(=O)O. The Hall–Kier alpha value is -1.36.